The topological polar surface area (TPSA) is 35.3 Å². The summed E-state index contributed by atoms with van der Waals surface area (Å²) in [5.74, 6) is 2.49. The first-order chi connectivity index (χ1) is 11.5. The standard InChI is InChI=1S/C20H23NO2Si/c1-22-17-12-10-16(11-13-17)20-21-19(15-8-6-5-7-9-15)18(23-20)14-24(2,3)4/h5-13H,14H2,1-4H3. The van der Waals surface area contributed by atoms with E-state index < -0.39 is 8.07 Å². The van der Waals surface area contributed by atoms with Gasteiger partial charge in [0, 0.05) is 17.2 Å². The molecule has 124 valence electrons. The van der Waals surface area contributed by atoms with Crippen LogP contribution >= 0.6 is 0 Å². The van der Waals surface area contributed by atoms with Crippen molar-refractivity contribution in [1.29, 1.82) is 0 Å². The molecule has 2 aromatic carbocycles. The second-order valence-corrected chi connectivity index (χ2v) is 12.6. The summed E-state index contributed by atoms with van der Waals surface area (Å²) in [5, 5.41) is 0. The van der Waals surface area contributed by atoms with Gasteiger partial charge in [-0.1, -0.05) is 50.0 Å². The molecule has 0 spiro atoms. The quantitative estimate of drug-likeness (QED) is 0.582. The van der Waals surface area contributed by atoms with E-state index in [9.17, 15) is 0 Å². The Morgan fingerprint density at radius 1 is 0.917 bits per heavy atom. The molecule has 1 heterocycles. The van der Waals surface area contributed by atoms with Gasteiger partial charge in [0.2, 0.25) is 5.89 Å². The fourth-order valence-electron chi connectivity index (χ4n) is 2.63. The van der Waals surface area contributed by atoms with Gasteiger partial charge >= 0.3 is 0 Å². The SMILES string of the molecule is COc1ccc(-c2nc(-c3ccccc3)c(C[Si](C)(C)C)o2)cc1. The van der Waals surface area contributed by atoms with Gasteiger partial charge in [-0.3, -0.25) is 0 Å². The van der Waals surface area contributed by atoms with Crippen LogP contribution in [0.3, 0.4) is 0 Å². The third-order valence-corrected chi connectivity index (χ3v) is 5.15. The zero-order chi connectivity index (χ0) is 17.2. The van der Waals surface area contributed by atoms with Crippen molar-refractivity contribution in [3.63, 3.8) is 0 Å². The third kappa shape index (κ3) is 3.76. The molecule has 1 aromatic heterocycles. The van der Waals surface area contributed by atoms with Crippen molar-refractivity contribution in [2.24, 2.45) is 0 Å². The van der Waals surface area contributed by atoms with E-state index in [-0.39, 0.29) is 0 Å². The highest BCUT2D eigenvalue weighted by atomic mass is 28.3. The van der Waals surface area contributed by atoms with Crippen molar-refractivity contribution >= 4 is 8.07 Å². The van der Waals surface area contributed by atoms with E-state index in [0.29, 0.717) is 5.89 Å². The van der Waals surface area contributed by atoms with Crippen LogP contribution in [0.1, 0.15) is 5.76 Å². The molecule has 0 unspecified atom stereocenters. The Bertz CT molecular complexity index is 802. The number of ether oxygens (including phenoxy) is 1. The van der Waals surface area contributed by atoms with E-state index >= 15 is 0 Å². The van der Waals surface area contributed by atoms with E-state index in [1.165, 1.54) is 0 Å². The van der Waals surface area contributed by atoms with Gasteiger partial charge in [-0.15, -0.1) is 0 Å². The highest BCUT2D eigenvalue weighted by molar-refractivity contribution is 6.75. The Hall–Kier alpha value is -2.33. The van der Waals surface area contributed by atoms with E-state index in [1.807, 2.05) is 42.5 Å². The van der Waals surface area contributed by atoms with Crippen molar-refractivity contribution in [3.05, 3.63) is 60.4 Å². The Kier molecular flexibility index (Phi) is 4.58. The molecule has 0 saturated carbocycles. The molecule has 0 atom stereocenters. The third-order valence-electron chi connectivity index (χ3n) is 3.77. The summed E-state index contributed by atoms with van der Waals surface area (Å²) in [4.78, 5) is 4.81. The molecule has 0 saturated heterocycles. The van der Waals surface area contributed by atoms with Gasteiger partial charge in [0.25, 0.3) is 0 Å². The molecule has 3 rings (SSSR count). The van der Waals surface area contributed by atoms with Gasteiger partial charge < -0.3 is 9.15 Å². The van der Waals surface area contributed by atoms with E-state index in [4.69, 9.17) is 14.1 Å². The average molecular weight is 337 g/mol. The Morgan fingerprint density at radius 3 is 2.17 bits per heavy atom. The molecule has 0 aliphatic carbocycles. The number of oxazole rings is 1. The lowest BCUT2D eigenvalue weighted by molar-refractivity contribution is 0.415. The molecule has 0 aliphatic heterocycles. The summed E-state index contributed by atoms with van der Waals surface area (Å²) in [6.45, 7) is 7.03. The van der Waals surface area contributed by atoms with E-state index in [2.05, 4.69) is 31.8 Å². The summed E-state index contributed by atoms with van der Waals surface area (Å²) < 4.78 is 11.4. The van der Waals surface area contributed by atoms with Crippen molar-refractivity contribution < 1.29 is 9.15 Å². The van der Waals surface area contributed by atoms with Crippen molar-refractivity contribution in [1.82, 2.24) is 4.98 Å². The molecular weight excluding hydrogens is 314 g/mol. The molecule has 0 aliphatic rings. The van der Waals surface area contributed by atoms with Crippen molar-refractivity contribution in [2.75, 3.05) is 7.11 Å². The van der Waals surface area contributed by atoms with Gasteiger partial charge in [-0.05, 0) is 24.3 Å². The van der Waals surface area contributed by atoms with Gasteiger partial charge in [-0.25, -0.2) is 4.98 Å². The van der Waals surface area contributed by atoms with E-state index in [0.717, 1.165) is 34.4 Å². The normalized spacial score (nSPS) is 11.5. The fourth-order valence-corrected chi connectivity index (χ4v) is 3.83. The van der Waals surface area contributed by atoms with Gasteiger partial charge in [-0.2, -0.15) is 0 Å². The molecular formula is C20H23NO2Si. The van der Waals surface area contributed by atoms with Crippen LogP contribution in [-0.2, 0) is 6.04 Å². The van der Waals surface area contributed by atoms with Gasteiger partial charge in [0.15, 0.2) is 0 Å². The molecule has 0 N–H and O–H groups in total. The summed E-state index contributed by atoms with van der Waals surface area (Å²) in [6, 6.07) is 19.1. The molecule has 0 radical (unpaired) electrons. The summed E-state index contributed by atoms with van der Waals surface area (Å²) in [7, 11) is 0.348. The van der Waals surface area contributed by atoms with Crippen molar-refractivity contribution in [2.45, 2.75) is 25.7 Å². The monoisotopic (exact) mass is 337 g/mol. The number of aromatic nitrogens is 1. The fraction of sp³-hybridized carbons (Fsp3) is 0.250. The van der Waals surface area contributed by atoms with Crippen LogP contribution in [0, 0.1) is 0 Å². The minimum absolute atomic E-state index is 0.671. The molecule has 3 nitrogen and oxygen atoms in total. The van der Waals surface area contributed by atoms with Gasteiger partial charge in [0.1, 0.15) is 17.2 Å². The zero-order valence-electron chi connectivity index (χ0n) is 14.7. The smallest absolute Gasteiger partial charge is 0.226 e. The number of hydrogen-bond acceptors (Lipinski definition) is 3. The first kappa shape index (κ1) is 16.5. The second kappa shape index (κ2) is 6.65. The lowest BCUT2D eigenvalue weighted by Gasteiger charge is -2.14. The number of methoxy groups -OCH3 is 1. The minimum atomic E-state index is -1.32. The van der Waals surface area contributed by atoms with Crippen LogP contribution in [0.15, 0.2) is 59.0 Å². The Balaban J connectivity index is 2.05. The molecule has 4 heteroatoms. The summed E-state index contributed by atoms with van der Waals surface area (Å²) >= 11 is 0. The Morgan fingerprint density at radius 2 is 1.58 bits per heavy atom. The first-order valence-corrected chi connectivity index (χ1v) is 11.9. The average Bonchev–Trinajstić information content (AvgIpc) is 2.97. The summed E-state index contributed by atoms with van der Waals surface area (Å²) in [5.41, 5.74) is 3.04. The van der Waals surface area contributed by atoms with E-state index in [1.54, 1.807) is 7.11 Å². The Labute approximate surface area is 144 Å². The lowest BCUT2D eigenvalue weighted by Crippen LogP contribution is -2.23. The van der Waals surface area contributed by atoms with Crippen LogP contribution in [0.2, 0.25) is 19.6 Å². The highest BCUT2D eigenvalue weighted by Gasteiger charge is 2.23. The number of nitrogens with zero attached hydrogens (tertiary/aromatic N) is 1. The lowest BCUT2D eigenvalue weighted by atomic mass is 10.1. The number of rotatable bonds is 5. The number of benzene rings is 2. The largest absolute Gasteiger partial charge is 0.497 e. The molecule has 3 aromatic rings. The van der Waals surface area contributed by atoms with Crippen LogP contribution in [0.25, 0.3) is 22.7 Å². The minimum Gasteiger partial charge on any atom is -0.497 e. The highest BCUT2D eigenvalue weighted by Crippen LogP contribution is 2.31. The first-order valence-electron chi connectivity index (χ1n) is 8.16. The van der Waals surface area contributed by atoms with Gasteiger partial charge in [0.05, 0.1) is 15.2 Å². The zero-order valence-corrected chi connectivity index (χ0v) is 15.7. The second-order valence-electron chi connectivity index (χ2n) is 7.12. The van der Waals surface area contributed by atoms with Crippen molar-refractivity contribution in [3.8, 4) is 28.5 Å². The molecule has 0 bridgehead atoms. The maximum absolute atomic E-state index is 6.19. The molecule has 0 fully saturated rings. The maximum Gasteiger partial charge on any atom is 0.226 e. The molecule has 0 amide bonds. The molecule has 24 heavy (non-hydrogen) atoms. The summed E-state index contributed by atoms with van der Waals surface area (Å²) in [6.07, 6.45) is 0. The van der Waals surface area contributed by atoms with Crippen LogP contribution in [0.5, 0.6) is 5.75 Å². The number of hydrogen-bond donors (Lipinski definition) is 0. The van der Waals surface area contributed by atoms with Crippen LogP contribution in [-0.4, -0.2) is 20.2 Å². The predicted molar refractivity (Wildman–Crippen MR) is 101 cm³/mol. The van der Waals surface area contributed by atoms with Crippen LogP contribution < -0.4 is 4.74 Å². The predicted octanol–water partition coefficient (Wildman–Crippen LogP) is 5.44. The maximum atomic E-state index is 6.19. The van der Waals surface area contributed by atoms with Crippen LogP contribution in [0.4, 0.5) is 0 Å².